The summed E-state index contributed by atoms with van der Waals surface area (Å²) in [6.07, 6.45) is -9.48. The number of nitrogens with zero attached hydrogens (tertiary/aromatic N) is 2. The van der Waals surface area contributed by atoms with Gasteiger partial charge in [0, 0.05) is 45.7 Å². The minimum absolute atomic E-state index is 0.138. The zero-order valence-corrected chi connectivity index (χ0v) is 22.9. The lowest BCUT2D eigenvalue weighted by molar-refractivity contribution is -0.0894. The van der Waals surface area contributed by atoms with E-state index in [9.17, 15) is 40.9 Å². The van der Waals surface area contributed by atoms with Crippen molar-refractivity contribution in [2.75, 3.05) is 39.4 Å². The normalized spacial score (nSPS) is 31.8. The summed E-state index contributed by atoms with van der Waals surface area (Å²) < 4.78 is 11.6. The zero-order valence-electron chi connectivity index (χ0n) is 22.9. The first-order valence-corrected chi connectivity index (χ1v) is 13.9. The average molecular weight is 579 g/mol. The number of β-amino-alcohol motifs (C(OH)–C–C–N with tert-alkyl or cyclic N) is 4. The van der Waals surface area contributed by atoms with Crippen LogP contribution in [0.5, 0.6) is 11.5 Å². The number of ether oxygens (including phenoxy) is 2. The molecule has 2 aromatic rings. The lowest BCUT2D eigenvalue weighted by Crippen LogP contribution is -2.43. The largest absolute Gasteiger partial charge is 0.493 e. The molecule has 4 rings (SSSR count). The topological polar surface area (TPSA) is 187 Å². The van der Waals surface area contributed by atoms with Gasteiger partial charge in [0.15, 0.2) is 0 Å². The Labute approximate surface area is 239 Å². The van der Waals surface area contributed by atoms with Gasteiger partial charge in [-0.15, -0.1) is 0 Å². The summed E-state index contributed by atoms with van der Waals surface area (Å²) in [4.78, 5) is 3.57. The van der Waals surface area contributed by atoms with Gasteiger partial charge in [-0.05, 0) is 35.4 Å². The third-order valence-electron chi connectivity index (χ3n) is 7.54. The molecular weight excluding hydrogens is 536 g/mol. The van der Waals surface area contributed by atoms with Crippen LogP contribution in [-0.2, 0) is 13.1 Å². The monoisotopic (exact) mass is 578 g/mol. The smallest absolute Gasteiger partial charge is 0.119 e. The average Bonchev–Trinajstić information content (AvgIpc) is 3.10. The standard InChI is InChI=1S/C29H42N2O10/c32-22-14-30(15-23(33)27(37)26(22)36)12-18-2-6-20(7-3-18)40-10-1-11-41-21-8-4-19(5-9-21)13-31-16-24(34)28(38)29(39)25(35)17-31/h2-9,22-29,32-39H,1,10-17H2/t22-,23-,24-,25-,26+,27+,28+,29+/m0/s1. The molecule has 41 heavy (non-hydrogen) atoms. The number of hydrogen-bond donors (Lipinski definition) is 8. The van der Waals surface area contributed by atoms with Gasteiger partial charge >= 0.3 is 0 Å². The number of hydrogen-bond acceptors (Lipinski definition) is 12. The first kappa shape index (κ1) is 31.6. The summed E-state index contributed by atoms with van der Waals surface area (Å²) >= 11 is 0. The van der Waals surface area contributed by atoms with Gasteiger partial charge in [-0.1, -0.05) is 24.3 Å². The number of likely N-dealkylation sites (tertiary alicyclic amines) is 2. The minimum Gasteiger partial charge on any atom is -0.493 e. The Balaban J connectivity index is 1.15. The highest BCUT2D eigenvalue weighted by atomic mass is 16.5. The fourth-order valence-corrected chi connectivity index (χ4v) is 5.15. The van der Waals surface area contributed by atoms with Crippen LogP contribution in [0.3, 0.4) is 0 Å². The van der Waals surface area contributed by atoms with Gasteiger partial charge in [0.25, 0.3) is 0 Å². The third-order valence-corrected chi connectivity index (χ3v) is 7.54. The lowest BCUT2D eigenvalue weighted by Gasteiger charge is -2.23. The van der Waals surface area contributed by atoms with Gasteiger partial charge in [0.2, 0.25) is 0 Å². The van der Waals surface area contributed by atoms with Crippen LogP contribution in [0, 0.1) is 0 Å². The SMILES string of the molecule is O[C@H]1[C@H](O)[C@@H](O)CN(Cc2ccc(OCCCOc3ccc(CN4C[C@H](O)[C@@H](O)[C@H](O)[C@@H](O)C4)cc3)cc2)C[C@@H]1O. The van der Waals surface area contributed by atoms with Gasteiger partial charge in [0.05, 0.1) is 37.6 Å². The van der Waals surface area contributed by atoms with E-state index < -0.39 is 48.8 Å². The maximum atomic E-state index is 10.0. The first-order valence-electron chi connectivity index (χ1n) is 13.9. The van der Waals surface area contributed by atoms with Crippen LogP contribution in [0.4, 0.5) is 0 Å². The molecule has 12 nitrogen and oxygen atoms in total. The maximum Gasteiger partial charge on any atom is 0.119 e. The molecule has 0 bridgehead atoms. The summed E-state index contributed by atoms with van der Waals surface area (Å²) in [6, 6.07) is 14.9. The second-order valence-corrected chi connectivity index (χ2v) is 11.0. The molecule has 2 fully saturated rings. The Bertz CT molecular complexity index is 943. The van der Waals surface area contributed by atoms with Crippen molar-refractivity contribution in [3.05, 3.63) is 59.7 Å². The molecule has 12 heteroatoms. The van der Waals surface area contributed by atoms with Crippen molar-refractivity contribution < 1.29 is 50.3 Å². The van der Waals surface area contributed by atoms with E-state index in [1.54, 1.807) is 9.80 Å². The zero-order chi connectivity index (χ0) is 29.5. The Kier molecular flexibility index (Phi) is 11.3. The Morgan fingerprint density at radius 1 is 0.488 bits per heavy atom. The van der Waals surface area contributed by atoms with Crippen LogP contribution in [0.1, 0.15) is 17.5 Å². The highest BCUT2D eigenvalue weighted by molar-refractivity contribution is 5.28. The number of benzene rings is 2. The molecule has 0 radical (unpaired) electrons. The molecule has 0 unspecified atom stereocenters. The second-order valence-electron chi connectivity index (χ2n) is 11.0. The van der Waals surface area contributed by atoms with E-state index in [-0.39, 0.29) is 26.2 Å². The quantitative estimate of drug-likeness (QED) is 0.146. The number of aliphatic hydroxyl groups is 8. The molecule has 8 N–H and O–H groups in total. The lowest BCUT2D eigenvalue weighted by atomic mass is 10.1. The summed E-state index contributed by atoms with van der Waals surface area (Å²) in [5.41, 5.74) is 1.88. The molecule has 2 saturated heterocycles. The second kappa shape index (κ2) is 14.7. The molecule has 2 aromatic carbocycles. The summed E-state index contributed by atoms with van der Waals surface area (Å²) in [5, 5.41) is 79.6. The maximum absolute atomic E-state index is 10.0. The van der Waals surface area contributed by atoms with Crippen LogP contribution in [0.2, 0.25) is 0 Å². The van der Waals surface area contributed by atoms with E-state index in [1.165, 1.54) is 0 Å². The molecule has 2 aliphatic heterocycles. The number of rotatable bonds is 10. The van der Waals surface area contributed by atoms with E-state index in [4.69, 9.17) is 9.47 Å². The van der Waals surface area contributed by atoms with Crippen molar-refractivity contribution >= 4 is 0 Å². The van der Waals surface area contributed by atoms with E-state index >= 15 is 0 Å². The molecular formula is C29H42N2O10. The van der Waals surface area contributed by atoms with Gasteiger partial charge in [-0.3, -0.25) is 9.80 Å². The molecule has 228 valence electrons. The summed E-state index contributed by atoms with van der Waals surface area (Å²) in [6.45, 7) is 2.34. The fraction of sp³-hybridized carbons (Fsp3) is 0.586. The number of aliphatic hydroxyl groups excluding tert-OH is 8. The van der Waals surface area contributed by atoms with Crippen LogP contribution in [0.15, 0.2) is 48.5 Å². The molecule has 0 spiro atoms. The van der Waals surface area contributed by atoms with Crippen molar-refractivity contribution in [3.63, 3.8) is 0 Å². The molecule has 0 amide bonds. The van der Waals surface area contributed by atoms with Crippen molar-refractivity contribution in [1.82, 2.24) is 9.80 Å². The van der Waals surface area contributed by atoms with Crippen LogP contribution in [-0.4, -0.2) is 139 Å². The van der Waals surface area contributed by atoms with Crippen LogP contribution < -0.4 is 9.47 Å². The molecule has 2 heterocycles. The molecule has 0 aliphatic carbocycles. The van der Waals surface area contributed by atoms with E-state index in [0.29, 0.717) is 44.2 Å². The van der Waals surface area contributed by atoms with Crippen LogP contribution in [0.25, 0.3) is 0 Å². The van der Waals surface area contributed by atoms with Gasteiger partial charge in [0.1, 0.15) is 35.9 Å². The van der Waals surface area contributed by atoms with Crippen molar-refractivity contribution in [2.45, 2.75) is 68.3 Å². The molecule has 2 aliphatic rings. The van der Waals surface area contributed by atoms with Crippen molar-refractivity contribution in [3.8, 4) is 11.5 Å². The van der Waals surface area contributed by atoms with Crippen molar-refractivity contribution in [1.29, 1.82) is 0 Å². The predicted octanol–water partition coefficient (Wildman–Crippen LogP) is -1.95. The summed E-state index contributed by atoms with van der Waals surface area (Å²) in [7, 11) is 0. The summed E-state index contributed by atoms with van der Waals surface area (Å²) in [5.74, 6) is 1.40. The van der Waals surface area contributed by atoms with Gasteiger partial charge < -0.3 is 50.3 Å². The fourth-order valence-electron chi connectivity index (χ4n) is 5.15. The predicted molar refractivity (Wildman–Crippen MR) is 147 cm³/mol. The Morgan fingerprint density at radius 3 is 1.07 bits per heavy atom. The first-order chi connectivity index (χ1) is 19.6. The van der Waals surface area contributed by atoms with E-state index in [0.717, 1.165) is 11.1 Å². The molecule has 8 atom stereocenters. The van der Waals surface area contributed by atoms with E-state index in [1.807, 2.05) is 48.5 Å². The van der Waals surface area contributed by atoms with Crippen molar-refractivity contribution in [2.24, 2.45) is 0 Å². The van der Waals surface area contributed by atoms with E-state index in [2.05, 4.69) is 0 Å². The van der Waals surface area contributed by atoms with Gasteiger partial charge in [-0.25, -0.2) is 0 Å². The van der Waals surface area contributed by atoms with Gasteiger partial charge in [-0.2, -0.15) is 0 Å². The highest BCUT2D eigenvalue weighted by Gasteiger charge is 2.37. The third kappa shape index (κ3) is 8.82. The molecule has 0 saturated carbocycles. The Morgan fingerprint density at radius 2 is 0.780 bits per heavy atom. The molecule has 0 aromatic heterocycles. The minimum atomic E-state index is -1.39. The van der Waals surface area contributed by atoms with Crippen LogP contribution >= 0.6 is 0 Å². The Hall–Kier alpha value is -2.36. The highest BCUT2D eigenvalue weighted by Crippen LogP contribution is 2.20.